The molecule has 2 heterocycles. The summed E-state index contributed by atoms with van der Waals surface area (Å²) in [5.41, 5.74) is 5.08. The van der Waals surface area contributed by atoms with Gasteiger partial charge in [-0.05, 0) is 19.1 Å². The molecule has 0 amide bonds. The number of benzene rings is 2. The molecule has 1 aliphatic heterocycles. The fourth-order valence-corrected chi connectivity index (χ4v) is 4.26. The SMILES string of the molecule is Cc1ccc(-c2nn(-c3ccccc3)cc2C2N[C@H](C(=O)O)CS2)cc1. The number of rotatable bonds is 4. The van der Waals surface area contributed by atoms with Crippen molar-refractivity contribution in [3.63, 3.8) is 0 Å². The summed E-state index contributed by atoms with van der Waals surface area (Å²) in [5.74, 6) is -0.267. The summed E-state index contributed by atoms with van der Waals surface area (Å²) >= 11 is 1.61. The van der Waals surface area contributed by atoms with Gasteiger partial charge in [0.2, 0.25) is 0 Å². The van der Waals surface area contributed by atoms with E-state index in [0.717, 1.165) is 22.5 Å². The van der Waals surface area contributed by atoms with E-state index in [0.29, 0.717) is 5.75 Å². The second-order valence-electron chi connectivity index (χ2n) is 6.35. The molecule has 0 bridgehead atoms. The molecule has 1 saturated heterocycles. The van der Waals surface area contributed by atoms with E-state index in [1.807, 2.05) is 41.2 Å². The standard InChI is InChI=1S/C20H19N3O2S/c1-13-7-9-14(10-8-13)18-16(19-21-17(12-26-19)20(24)25)11-23(22-18)15-5-3-2-4-6-15/h2-11,17,19,21H,12H2,1H3,(H,24,25)/t17-,19?/m0/s1. The van der Waals surface area contributed by atoms with Crippen LogP contribution in [0, 0.1) is 6.92 Å². The van der Waals surface area contributed by atoms with Crippen molar-refractivity contribution in [1.29, 1.82) is 0 Å². The van der Waals surface area contributed by atoms with Crippen molar-refractivity contribution in [2.75, 3.05) is 5.75 Å². The maximum absolute atomic E-state index is 11.3. The minimum Gasteiger partial charge on any atom is -0.480 e. The van der Waals surface area contributed by atoms with Crippen molar-refractivity contribution in [2.24, 2.45) is 0 Å². The van der Waals surface area contributed by atoms with E-state index >= 15 is 0 Å². The summed E-state index contributed by atoms with van der Waals surface area (Å²) in [6.07, 6.45) is 2.00. The topological polar surface area (TPSA) is 67.2 Å². The summed E-state index contributed by atoms with van der Waals surface area (Å²) in [6, 6.07) is 17.7. The molecule has 0 radical (unpaired) electrons. The number of nitrogens with zero attached hydrogens (tertiary/aromatic N) is 2. The summed E-state index contributed by atoms with van der Waals surface area (Å²) in [7, 11) is 0. The second-order valence-corrected chi connectivity index (χ2v) is 7.49. The molecular weight excluding hydrogens is 346 g/mol. The molecule has 4 rings (SSSR count). The molecule has 2 aromatic carbocycles. The highest BCUT2D eigenvalue weighted by molar-refractivity contribution is 7.99. The molecule has 6 heteroatoms. The van der Waals surface area contributed by atoms with Gasteiger partial charge in [0, 0.05) is 23.1 Å². The number of aryl methyl sites for hydroxylation is 1. The van der Waals surface area contributed by atoms with E-state index in [2.05, 4.69) is 36.5 Å². The molecule has 26 heavy (non-hydrogen) atoms. The summed E-state index contributed by atoms with van der Waals surface area (Å²) in [6.45, 7) is 2.05. The van der Waals surface area contributed by atoms with Gasteiger partial charge >= 0.3 is 5.97 Å². The highest BCUT2D eigenvalue weighted by atomic mass is 32.2. The van der Waals surface area contributed by atoms with Crippen molar-refractivity contribution < 1.29 is 9.90 Å². The van der Waals surface area contributed by atoms with E-state index in [9.17, 15) is 9.90 Å². The Bertz CT molecular complexity index is 922. The van der Waals surface area contributed by atoms with E-state index in [1.165, 1.54) is 5.56 Å². The number of para-hydroxylation sites is 1. The van der Waals surface area contributed by atoms with E-state index in [1.54, 1.807) is 11.8 Å². The molecule has 0 aliphatic carbocycles. The van der Waals surface area contributed by atoms with Crippen LogP contribution in [-0.2, 0) is 4.79 Å². The number of hydrogen-bond donors (Lipinski definition) is 2. The lowest BCUT2D eigenvalue weighted by Crippen LogP contribution is -2.33. The van der Waals surface area contributed by atoms with Crippen LogP contribution in [0.2, 0.25) is 0 Å². The quantitative estimate of drug-likeness (QED) is 0.739. The molecule has 1 fully saturated rings. The maximum atomic E-state index is 11.3. The van der Waals surface area contributed by atoms with Gasteiger partial charge in [-0.15, -0.1) is 11.8 Å². The summed E-state index contributed by atoms with van der Waals surface area (Å²) < 4.78 is 1.86. The number of carboxylic acids is 1. The molecule has 1 aliphatic rings. The van der Waals surface area contributed by atoms with Crippen molar-refractivity contribution in [3.8, 4) is 16.9 Å². The molecule has 132 valence electrons. The lowest BCUT2D eigenvalue weighted by atomic mass is 10.1. The van der Waals surface area contributed by atoms with Crippen molar-refractivity contribution in [1.82, 2.24) is 15.1 Å². The van der Waals surface area contributed by atoms with Gasteiger partial charge in [0.25, 0.3) is 0 Å². The normalized spacial score (nSPS) is 19.6. The second kappa shape index (κ2) is 6.97. The first-order valence-corrected chi connectivity index (χ1v) is 9.49. The number of thioether (sulfide) groups is 1. The molecule has 2 atom stereocenters. The van der Waals surface area contributed by atoms with Gasteiger partial charge in [0.15, 0.2) is 0 Å². The molecule has 1 unspecified atom stereocenters. The van der Waals surface area contributed by atoms with Crippen LogP contribution in [0.5, 0.6) is 0 Å². The van der Waals surface area contributed by atoms with Gasteiger partial charge in [-0.2, -0.15) is 5.10 Å². The first-order chi connectivity index (χ1) is 12.6. The third-order valence-corrected chi connectivity index (χ3v) is 5.70. The molecule has 3 aromatic rings. The third kappa shape index (κ3) is 3.25. The van der Waals surface area contributed by atoms with Gasteiger partial charge in [-0.25, -0.2) is 4.68 Å². The van der Waals surface area contributed by atoms with E-state index < -0.39 is 12.0 Å². The van der Waals surface area contributed by atoms with Crippen molar-refractivity contribution in [2.45, 2.75) is 18.3 Å². The van der Waals surface area contributed by atoms with Crippen LogP contribution in [0.25, 0.3) is 16.9 Å². The van der Waals surface area contributed by atoms with E-state index in [-0.39, 0.29) is 5.37 Å². The Balaban J connectivity index is 1.77. The fourth-order valence-electron chi connectivity index (χ4n) is 3.02. The first kappa shape index (κ1) is 16.9. The van der Waals surface area contributed by atoms with Gasteiger partial charge in [0.05, 0.1) is 16.8 Å². The van der Waals surface area contributed by atoms with Crippen LogP contribution in [0.1, 0.15) is 16.5 Å². The summed E-state index contributed by atoms with van der Waals surface area (Å²) in [5, 5.41) is 17.2. The first-order valence-electron chi connectivity index (χ1n) is 8.44. The highest BCUT2D eigenvalue weighted by Crippen LogP contribution is 2.38. The van der Waals surface area contributed by atoms with Gasteiger partial charge in [-0.3, -0.25) is 10.1 Å². The number of aliphatic carboxylic acids is 1. The Kier molecular flexibility index (Phi) is 4.53. The van der Waals surface area contributed by atoms with Crippen LogP contribution in [-0.4, -0.2) is 32.7 Å². The molecule has 1 aromatic heterocycles. The molecule has 0 saturated carbocycles. The highest BCUT2D eigenvalue weighted by Gasteiger charge is 2.33. The number of carboxylic acid groups (broad SMARTS) is 1. The molecule has 5 nitrogen and oxygen atoms in total. The van der Waals surface area contributed by atoms with Crippen LogP contribution in [0.15, 0.2) is 60.8 Å². The Hall–Kier alpha value is -2.57. The van der Waals surface area contributed by atoms with Crippen LogP contribution in [0.3, 0.4) is 0 Å². The van der Waals surface area contributed by atoms with Gasteiger partial charge in [0.1, 0.15) is 6.04 Å². The van der Waals surface area contributed by atoms with Crippen LogP contribution in [0.4, 0.5) is 0 Å². The molecule has 2 N–H and O–H groups in total. The third-order valence-electron chi connectivity index (χ3n) is 4.45. The predicted molar refractivity (Wildman–Crippen MR) is 103 cm³/mol. The Morgan fingerprint density at radius 2 is 1.92 bits per heavy atom. The van der Waals surface area contributed by atoms with Gasteiger partial charge in [-0.1, -0.05) is 48.0 Å². The Labute approximate surface area is 156 Å². The number of aromatic nitrogens is 2. The summed E-state index contributed by atoms with van der Waals surface area (Å²) in [4.78, 5) is 11.3. The zero-order chi connectivity index (χ0) is 18.1. The molecule has 0 spiro atoms. The smallest absolute Gasteiger partial charge is 0.321 e. The number of hydrogen-bond acceptors (Lipinski definition) is 4. The number of carbonyl (C=O) groups is 1. The largest absolute Gasteiger partial charge is 0.480 e. The average molecular weight is 365 g/mol. The minimum atomic E-state index is -0.813. The zero-order valence-corrected chi connectivity index (χ0v) is 15.1. The van der Waals surface area contributed by atoms with Crippen LogP contribution < -0.4 is 5.32 Å². The van der Waals surface area contributed by atoms with E-state index in [4.69, 9.17) is 5.10 Å². The lowest BCUT2D eigenvalue weighted by molar-refractivity contribution is -0.138. The van der Waals surface area contributed by atoms with Crippen LogP contribution >= 0.6 is 11.8 Å². The Morgan fingerprint density at radius 1 is 1.19 bits per heavy atom. The predicted octanol–water partition coefficient (Wildman–Crippen LogP) is 3.64. The lowest BCUT2D eigenvalue weighted by Gasteiger charge is -2.11. The fraction of sp³-hybridized carbons (Fsp3) is 0.200. The monoisotopic (exact) mass is 365 g/mol. The molecular formula is C20H19N3O2S. The van der Waals surface area contributed by atoms with Gasteiger partial charge < -0.3 is 5.11 Å². The number of nitrogens with one attached hydrogen (secondary N) is 1. The zero-order valence-electron chi connectivity index (χ0n) is 14.3. The minimum absolute atomic E-state index is 0.0927. The average Bonchev–Trinajstić information content (AvgIpc) is 3.30. The Morgan fingerprint density at radius 3 is 2.58 bits per heavy atom. The van der Waals surface area contributed by atoms with Crippen molar-refractivity contribution >= 4 is 17.7 Å². The maximum Gasteiger partial charge on any atom is 0.321 e. The van der Waals surface area contributed by atoms with Crippen molar-refractivity contribution in [3.05, 3.63) is 71.9 Å².